The fraction of sp³-hybridized carbons (Fsp3) is 0.611. The predicted octanol–water partition coefficient (Wildman–Crippen LogP) is 3.75. The summed E-state index contributed by atoms with van der Waals surface area (Å²) in [5.41, 5.74) is 2.59. The van der Waals surface area contributed by atoms with Gasteiger partial charge < -0.3 is 10.6 Å². The van der Waals surface area contributed by atoms with Crippen LogP contribution in [-0.2, 0) is 11.2 Å². The molecule has 0 aliphatic heterocycles. The first kappa shape index (κ1) is 15.9. The third kappa shape index (κ3) is 4.48. The molecule has 0 saturated heterocycles. The third-order valence-electron chi connectivity index (χ3n) is 4.54. The second-order valence-corrected chi connectivity index (χ2v) is 6.76. The highest BCUT2D eigenvalue weighted by Crippen LogP contribution is 2.37. The summed E-state index contributed by atoms with van der Waals surface area (Å²) in [7, 11) is 0. The van der Waals surface area contributed by atoms with Crippen molar-refractivity contribution < 1.29 is 4.79 Å². The molecule has 0 bridgehead atoms. The Bertz CT molecular complexity index is 465. The number of rotatable bonds is 5. The molecule has 0 aromatic heterocycles. The van der Waals surface area contributed by atoms with Gasteiger partial charge in [0.2, 0.25) is 5.91 Å². The summed E-state index contributed by atoms with van der Waals surface area (Å²) in [6.07, 6.45) is 5.66. The maximum absolute atomic E-state index is 11.6. The molecular weight excluding hydrogens is 260 g/mol. The smallest absolute Gasteiger partial charge is 0.224 e. The van der Waals surface area contributed by atoms with Crippen molar-refractivity contribution in [1.82, 2.24) is 5.32 Å². The summed E-state index contributed by atoms with van der Waals surface area (Å²) in [6, 6.07) is 8.83. The molecule has 1 aliphatic rings. The lowest BCUT2D eigenvalue weighted by Crippen LogP contribution is -2.38. The van der Waals surface area contributed by atoms with Gasteiger partial charge in [0, 0.05) is 18.3 Å². The molecule has 1 unspecified atom stereocenters. The summed E-state index contributed by atoms with van der Waals surface area (Å²) in [5.74, 6) is 0.0895. The zero-order valence-electron chi connectivity index (χ0n) is 13.5. The number of nitrogens with one attached hydrogen (secondary N) is 2. The predicted molar refractivity (Wildman–Crippen MR) is 88.5 cm³/mol. The Morgan fingerprint density at radius 2 is 1.95 bits per heavy atom. The molecule has 3 heteroatoms. The van der Waals surface area contributed by atoms with Gasteiger partial charge in [-0.2, -0.15) is 0 Å². The quantitative estimate of drug-likeness (QED) is 0.866. The Morgan fingerprint density at radius 3 is 2.57 bits per heavy atom. The molecule has 2 rings (SSSR count). The van der Waals surface area contributed by atoms with Crippen molar-refractivity contribution in [3.63, 3.8) is 0 Å². The van der Waals surface area contributed by atoms with E-state index in [1.807, 2.05) is 19.1 Å². The minimum Gasteiger partial charge on any atom is -0.382 e. The van der Waals surface area contributed by atoms with Crippen molar-refractivity contribution in [2.24, 2.45) is 5.41 Å². The normalized spacial score (nSPS) is 20.8. The molecule has 2 N–H and O–H groups in total. The summed E-state index contributed by atoms with van der Waals surface area (Å²) < 4.78 is 0. The highest BCUT2D eigenvalue weighted by molar-refractivity contribution is 5.78. The van der Waals surface area contributed by atoms with E-state index in [9.17, 15) is 4.79 Å². The lowest BCUT2D eigenvalue weighted by Gasteiger charge is -2.39. The minimum atomic E-state index is 0.0895. The summed E-state index contributed by atoms with van der Waals surface area (Å²) in [5, 5.41) is 6.51. The van der Waals surface area contributed by atoms with Crippen molar-refractivity contribution in [3.8, 4) is 0 Å². The van der Waals surface area contributed by atoms with E-state index in [-0.39, 0.29) is 5.91 Å². The van der Waals surface area contributed by atoms with E-state index in [1.54, 1.807) is 0 Å². The van der Waals surface area contributed by atoms with E-state index < -0.39 is 0 Å². The van der Waals surface area contributed by atoms with Crippen molar-refractivity contribution in [2.75, 3.05) is 11.9 Å². The van der Waals surface area contributed by atoms with Crippen molar-refractivity contribution >= 4 is 11.6 Å². The second kappa shape index (κ2) is 6.97. The Hall–Kier alpha value is -1.51. The maximum atomic E-state index is 11.6. The lowest BCUT2D eigenvalue weighted by molar-refractivity contribution is -0.120. The van der Waals surface area contributed by atoms with E-state index in [0.29, 0.717) is 24.4 Å². The van der Waals surface area contributed by atoms with Crippen LogP contribution in [0.5, 0.6) is 0 Å². The Morgan fingerprint density at radius 1 is 1.24 bits per heavy atom. The van der Waals surface area contributed by atoms with Crippen molar-refractivity contribution in [3.05, 3.63) is 29.8 Å². The van der Waals surface area contributed by atoms with Gasteiger partial charge in [-0.3, -0.25) is 4.79 Å². The second-order valence-electron chi connectivity index (χ2n) is 6.76. The SMILES string of the molecule is CCNC(=O)Cc1ccc(NC2CCCCC2(C)C)cc1. The number of carbonyl (C=O) groups is 1. The molecule has 0 radical (unpaired) electrons. The van der Waals surface area contributed by atoms with Crippen LogP contribution in [0.15, 0.2) is 24.3 Å². The van der Waals surface area contributed by atoms with E-state index >= 15 is 0 Å². The highest BCUT2D eigenvalue weighted by atomic mass is 16.1. The van der Waals surface area contributed by atoms with Crippen LogP contribution in [0.25, 0.3) is 0 Å². The van der Waals surface area contributed by atoms with Gasteiger partial charge in [-0.1, -0.05) is 38.8 Å². The first-order chi connectivity index (χ1) is 10.0. The molecule has 1 aromatic carbocycles. The fourth-order valence-electron chi connectivity index (χ4n) is 3.13. The average molecular weight is 288 g/mol. The molecule has 0 spiro atoms. The zero-order valence-corrected chi connectivity index (χ0v) is 13.5. The molecule has 1 aliphatic carbocycles. The van der Waals surface area contributed by atoms with E-state index in [1.165, 1.54) is 25.7 Å². The van der Waals surface area contributed by atoms with E-state index in [4.69, 9.17) is 0 Å². The molecule has 116 valence electrons. The van der Waals surface area contributed by atoms with Crippen molar-refractivity contribution in [2.45, 2.75) is 58.9 Å². The van der Waals surface area contributed by atoms with Gasteiger partial charge in [0.1, 0.15) is 0 Å². The Kier molecular flexibility index (Phi) is 5.27. The van der Waals surface area contributed by atoms with Crippen LogP contribution in [0, 0.1) is 5.41 Å². The number of hydrogen-bond donors (Lipinski definition) is 2. The summed E-state index contributed by atoms with van der Waals surface area (Å²) >= 11 is 0. The van der Waals surface area contributed by atoms with Crippen LogP contribution < -0.4 is 10.6 Å². The minimum absolute atomic E-state index is 0.0895. The molecule has 1 atom stereocenters. The van der Waals surface area contributed by atoms with Gasteiger partial charge in [0.15, 0.2) is 0 Å². The van der Waals surface area contributed by atoms with Gasteiger partial charge in [0.05, 0.1) is 6.42 Å². The molecule has 1 amide bonds. The number of amides is 1. The van der Waals surface area contributed by atoms with Crippen LogP contribution in [-0.4, -0.2) is 18.5 Å². The molecule has 1 saturated carbocycles. The number of anilines is 1. The topological polar surface area (TPSA) is 41.1 Å². The van der Waals surface area contributed by atoms with Gasteiger partial charge in [0.25, 0.3) is 0 Å². The summed E-state index contributed by atoms with van der Waals surface area (Å²) in [4.78, 5) is 11.6. The lowest BCUT2D eigenvalue weighted by atomic mass is 9.73. The molecule has 3 nitrogen and oxygen atoms in total. The van der Waals surface area contributed by atoms with Crippen molar-refractivity contribution in [1.29, 1.82) is 0 Å². The average Bonchev–Trinajstić information content (AvgIpc) is 2.43. The van der Waals surface area contributed by atoms with Gasteiger partial charge >= 0.3 is 0 Å². The first-order valence-corrected chi connectivity index (χ1v) is 8.13. The summed E-state index contributed by atoms with van der Waals surface area (Å²) in [6.45, 7) is 7.34. The molecule has 1 fully saturated rings. The van der Waals surface area contributed by atoms with Crippen LogP contribution in [0.2, 0.25) is 0 Å². The van der Waals surface area contributed by atoms with Crippen LogP contribution in [0.4, 0.5) is 5.69 Å². The van der Waals surface area contributed by atoms with Gasteiger partial charge in [-0.25, -0.2) is 0 Å². The first-order valence-electron chi connectivity index (χ1n) is 8.13. The molecule has 21 heavy (non-hydrogen) atoms. The monoisotopic (exact) mass is 288 g/mol. The highest BCUT2D eigenvalue weighted by Gasteiger charge is 2.31. The molecular formula is C18H28N2O. The molecule has 1 aromatic rings. The third-order valence-corrected chi connectivity index (χ3v) is 4.54. The largest absolute Gasteiger partial charge is 0.382 e. The Balaban J connectivity index is 1.94. The number of benzene rings is 1. The number of carbonyl (C=O) groups excluding carboxylic acids is 1. The fourth-order valence-corrected chi connectivity index (χ4v) is 3.13. The number of hydrogen-bond acceptors (Lipinski definition) is 2. The van der Waals surface area contributed by atoms with E-state index in [2.05, 4.69) is 36.6 Å². The van der Waals surface area contributed by atoms with Gasteiger partial charge in [-0.05, 0) is 42.9 Å². The molecule has 0 heterocycles. The zero-order chi connectivity index (χ0) is 15.3. The van der Waals surface area contributed by atoms with Crippen LogP contribution in [0.1, 0.15) is 52.0 Å². The number of likely N-dealkylation sites (N-methyl/N-ethyl adjacent to an activating group) is 1. The van der Waals surface area contributed by atoms with Crippen LogP contribution >= 0.6 is 0 Å². The Labute approximate surface area is 128 Å². The van der Waals surface area contributed by atoms with E-state index in [0.717, 1.165) is 11.3 Å². The van der Waals surface area contributed by atoms with Gasteiger partial charge in [-0.15, -0.1) is 0 Å². The maximum Gasteiger partial charge on any atom is 0.224 e. The van der Waals surface area contributed by atoms with Crippen LogP contribution in [0.3, 0.4) is 0 Å². The standard InChI is InChI=1S/C18H28N2O/c1-4-19-17(21)13-14-8-10-15(11-9-14)20-16-7-5-6-12-18(16,2)3/h8-11,16,20H,4-7,12-13H2,1-3H3,(H,19,21).